The average molecular weight is 177 g/mol. The summed E-state index contributed by atoms with van der Waals surface area (Å²) in [4.78, 5) is 4.10. The maximum absolute atomic E-state index is 5.63. The van der Waals surface area contributed by atoms with Crippen LogP contribution < -0.4 is 5.73 Å². The molecule has 70 valence electrons. The second kappa shape index (κ2) is 2.50. The van der Waals surface area contributed by atoms with E-state index in [1.807, 2.05) is 12.5 Å². The van der Waals surface area contributed by atoms with E-state index in [9.17, 15) is 0 Å². The van der Waals surface area contributed by atoms with Crippen LogP contribution in [0.1, 0.15) is 31.7 Å². The van der Waals surface area contributed by atoms with Gasteiger partial charge < -0.3 is 10.3 Å². The summed E-state index contributed by atoms with van der Waals surface area (Å²) < 4.78 is 2.24. The van der Waals surface area contributed by atoms with Gasteiger partial charge in [-0.15, -0.1) is 0 Å². The van der Waals surface area contributed by atoms with E-state index in [4.69, 9.17) is 5.73 Å². The average Bonchev–Trinajstić information content (AvgIpc) is 2.95. The van der Waals surface area contributed by atoms with Crippen molar-refractivity contribution in [3.8, 4) is 0 Å². The van der Waals surface area contributed by atoms with E-state index < -0.39 is 0 Å². The minimum absolute atomic E-state index is 0.659. The Morgan fingerprint density at radius 1 is 1.31 bits per heavy atom. The van der Waals surface area contributed by atoms with E-state index in [1.165, 1.54) is 25.7 Å². The van der Waals surface area contributed by atoms with E-state index in [2.05, 4.69) is 9.55 Å². The SMILES string of the molecule is Nc1cn(C(C2CC2)C2CC2)cn1. The largest absolute Gasteiger partial charge is 0.382 e. The molecule has 0 atom stereocenters. The molecule has 2 aliphatic carbocycles. The van der Waals surface area contributed by atoms with Crippen LogP contribution in [0.4, 0.5) is 5.82 Å². The van der Waals surface area contributed by atoms with Gasteiger partial charge in [0.05, 0.1) is 6.33 Å². The van der Waals surface area contributed by atoms with Crippen molar-refractivity contribution in [2.24, 2.45) is 11.8 Å². The van der Waals surface area contributed by atoms with Gasteiger partial charge in [-0.1, -0.05) is 0 Å². The second-order valence-electron chi connectivity index (χ2n) is 4.41. The molecule has 2 N–H and O–H groups in total. The first-order valence-electron chi connectivity index (χ1n) is 5.13. The predicted molar refractivity (Wildman–Crippen MR) is 51.1 cm³/mol. The molecule has 2 fully saturated rings. The Balaban J connectivity index is 1.86. The normalized spacial score (nSPS) is 22.5. The fourth-order valence-electron chi connectivity index (χ4n) is 2.26. The fourth-order valence-corrected chi connectivity index (χ4v) is 2.26. The van der Waals surface area contributed by atoms with Crippen molar-refractivity contribution in [3.05, 3.63) is 12.5 Å². The Kier molecular flexibility index (Phi) is 1.43. The van der Waals surface area contributed by atoms with Gasteiger partial charge in [-0.25, -0.2) is 4.98 Å². The summed E-state index contributed by atoms with van der Waals surface area (Å²) >= 11 is 0. The van der Waals surface area contributed by atoms with E-state index in [-0.39, 0.29) is 0 Å². The number of anilines is 1. The summed E-state index contributed by atoms with van der Waals surface area (Å²) in [6.45, 7) is 0. The van der Waals surface area contributed by atoms with E-state index >= 15 is 0 Å². The highest BCUT2D eigenvalue weighted by atomic mass is 15.1. The number of hydrogen-bond donors (Lipinski definition) is 1. The van der Waals surface area contributed by atoms with Crippen molar-refractivity contribution in [2.45, 2.75) is 31.7 Å². The molecule has 0 saturated heterocycles. The maximum Gasteiger partial charge on any atom is 0.141 e. The molecule has 1 aromatic rings. The molecular weight excluding hydrogens is 162 g/mol. The van der Waals surface area contributed by atoms with Gasteiger partial charge in [0.2, 0.25) is 0 Å². The topological polar surface area (TPSA) is 43.8 Å². The molecule has 2 saturated carbocycles. The monoisotopic (exact) mass is 177 g/mol. The van der Waals surface area contributed by atoms with E-state index in [1.54, 1.807) is 0 Å². The van der Waals surface area contributed by atoms with Crippen LogP contribution in [0.5, 0.6) is 0 Å². The molecule has 2 aliphatic rings. The lowest BCUT2D eigenvalue weighted by Gasteiger charge is -2.16. The van der Waals surface area contributed by atoms with Gasteiger partial charge in [0, 0.05) is 12.2 Å². The van der Waals surface area contributed by atoms with Crippen molar-refractivity contribution in [2.75, 3.05) is 5.73 Å². The van der Waals surface area contributed by atoms with Crippen LogP contribution in [0.25, 0.3) is 0 Å². The molecule has 1 heterocycles. The standard InChI is InChI=1S/C10H15N3/c11-9-5-13(6-12-9)10(7-1-2-7)8-3-4-8/h5-8,10H,1-4,11H2. The van der Waals surface area contributed by atoms with Crippen LogP contribution in [0, 0.1) is 11.8 Å². The quantitative estimate of drug-likeness (QED) is 0.765. The molecule has 3 rings (SSSR count). The van der Waals surface area contributed by atoms with Crippen molar-refractivity contribution in [1.29, 1.82) is 0 Å². The fraction of sp³-hybridized carbons (Fsp3) is 0.700. The Morgan fingerprint density at radius 2 is 1.92 bits per heavy atom. The summed E-state index contributed by atoms with van der Waals surface area (Å²) in [7, 11) is 0. The Labute approximate surface area is 78.0 Å². The van der Waals surface area contributed by atoms with Gasteiger partial charge in [0.15, 0.2) is 0 Å². The highest BCUT2D eigenvalue weighted by molar-refractivity contribution is 5.23. The first-order valence-corrected chi connectivity index (χ1v) is 5.13. The maximum atomic E-state index is 5.63. The zero-order chi connectivity index (χ0) is 8.84. The second-order valence-corrected chi connectivity index (χ2v) is 4.41. The molecule has 0 amide bonds. The van der Waals surface area contributed by atoms with Crippen molar-refractivity contribution >= 4 is 5.82 Å². The van der Waals surface area contributed by atoms with E-state index in [0.29, 0.717) is 11.9 Å². The minimum atomic E-state index is 0.659. The number of rotatable bonds is 3. The van der Waals surface area contributed by atoms with Gasteiger partial charge in [-0.3, -0.25) is 0 Å². The first-order chi connectivity index (χ1) is 6.34. The van der Waals surface area contributed by atoms with Gasteiger partial charge >= 0.3 is 0 Å². The number of nitrogen functional groups attached to an aromatic ring is 1. The van der Waals surface area contributed by atoms with Crippen LogP contribution in [-0.2, 0) is 0 Å². The van der Waals surface area contributed by atoms with Crippen LogP contribution in [0.15, 0.2) is 12.5 Å². The third kappa shape index (κ3) is 1.32. The smallest absolute Gasteiger partial charge is 0.141 e. The first kappa shape index (κ1) is 7.42. The molecule has 0 unspecified atom stereocenters. The third-order valence-corrected chi connectivity index (χ3v) is 3.18. The molecule has 0 aliphatic heterocycles. The zero-order valence-electron chi connectivity index (χ0n) is 7.69. The molecule has 1 aromatic heterocycles. The van der Waals surface area contributed by atoms with Gasteiger partial charge in [0.1, 0.15) is 5.82 Å². The lowest BCUT2D eigenvalue weighted by molar-refractivity contribution is 0.394. The van der Waals surface area contributed by atoms with Crippen LogP contribution in [0.2, 0.25) is 0 Å². The Hall–Kier alpha value is -0.990. The lowest BCUT2D eigenvalue weighted by Crippen LogP contribution is -2.11. The highest BCUT2D eigenvalue weighted by Crippen LogP contribution is 2.51. The van der Waals surface area contributed by atoms with Gasteiger partial charge in [-0.05, 0) is 37.5 Å². The Morgan fingerprint density at radius 3 is 2.31 bits per heavy atom. The highest BCUT2D eigenvalue weighted by Gasteiger charge is 2.42. The molecule has 3 heteroatoms. The zero-order valence-corrected chi connectivity index (χ0v) is 7.69. The molecule has 0 aromatic carbocycles. The minimum Gasteiger partial charge on any atom is -0.382 e. The summed E-state index contributed by atoms with van der Waals surface area (Å²) in [5.74, 6) is 2.49. The number of aromatic nitrogens is 2. The number of hydrogen-bond acceptors (Lipinski definition) is 2. The summed E-state index contributed by atoms with van der Waals surface area (Å²) in [6.07, 6.45) is 9.49. The van der Waals surface area contributed by atoms with Crippen molar-refractivity contribution in [3.63, 3.8) is 0 Å². The predicted octanol–water partition coefficient (Wildman–Crippen LogP) is 1.83. The summed E-state index contributed by atoms with van der Waals surface area (Å²) in [5, 5.41) is 0. The van der Waals surface area contributed by atoms with Crippen LogP contribution in [-0.4, -0.2) is 9.55 Å². The molecular formula is C10H15N3. The molecule has 13 heavy (non-hydrogen) atoms. The molecule has 0 radical (unpaired) electrons. The summed E-state index contributed by atoms with van der Waals surface area (Å²) in [5.41, 5.74) is 5.63. The number of nitrogens with two attached hydrogens (primary N) is 1. The third-order valence-electron chi connectivity index (χ3n) is 3.18. The molecule has 3 nitrogen and oxygen atoms in total. The van der Waals surface area contributed by atoms with Crippen LogP contribution in [0.3, 0.4) is 0 Å². The number of imidazole rings is 1. The lowest BCUT2D eigenvalue weighted by atomic mass is 10.1. The molecule has 0 spiro atoms. The van der Waals surface area contributed by atoms with Gasteiger partial charge in [0.25, 0.3) is 0 Å². The molecule has 0 bridgehead atoms. The van der Waals surface area contributed by atoms with Gasteiger partial charge in [-0.2, -0.15) is 0 Å². The summed E-state index contributed by atoms with van der Waals surface area (Å²) in [6, 6.07) is 0.713. The number of nitrogens with zero attached hydrogens (tertiary/aromatic N) is 2. The van der Waals surface area contributed by atoms with E-state index in [0.717, 1.165) is 11.8 Å². The van der Waals surface area contributed by atoms with Crippen LogP contribution >= 0.6 is 0 Å². The van der Waals surface area contributed by atoms with Crippen molar-refractivity contribution < 1.29 is 0 Å². The van der Waals surface area contributed by atoms with Crippen molar-refractivity contribution in [1.82, 2.24) is 9.55 Å². The Bertz CT molecular complexity index is 298.